The van der Waals surface area contributed by atoms with Crippen molar-refractivity contribution < 1.29 is 30.0 Å². The van der Waals surface area contributed by atoms with Crippen LogP contribution in [0.5, 0.6) is 0 Å². The maximum atomic E-state index is 8.40. The largest absolute Gasteiger partial charge is 0.512 e. The Bertz CT molecular complexity index is 3320. The van der Waals surface area contributed by atoms with Gasteiger partial charge in [-0.1, -0.05) is 196 Å². The number of hydrogen-bond acceptors (Lipinski definition) is 5. The summed E-state index contributed by atoms with van der Waals surface area (Å²) in [7, 11) is 0. The van der Waals surface area contributed by atoms with Crippen molar-refractivity contribution in [1.29, 1.82) is 0 Å². The summed E-state index contributed by atoms with van der Waals surface area (Å²) in [5.74, 6) is 2.11. The fourth-order valence-electron chi connectivity index (χ4n) is 9.88. The molecule has 2 N–H and O–H groups in total. The van der Waals surface area contributed by atoms with Crippen LogP contribution in [0, 0.1) is 6.07 Å². The van der Waals surface area contributed by atoms with Crippen molar-refractivity contribution in [2.75, 3.05) is 0 Å². The number of aryl methyl sites for hydroxylation is 2. The van der Waals surface area contributed by atoms with Crippen LogP contribution in [0.15, 0.2) is 145 Å². The van der Waals surface area contributed by atoms with E-state index in [1.165, 1.54) is 116 Å². The molecule has 0 aliphatic rings. The number of allylic oxidation sites excluding steroid dienone is 2. The van der Waals surface area contributed by atoms with Gasteiger partial charge in [-0.15, -0.1) is 23.8 Å². The number of nitrogens with zero attached hydrogens (tertiary/aromatic N) is 5. The third kappa shape index (κ3) is 13.6. The molecule has 0 spiro atoms. The third-order valence-electron chi connectivity index (χ3n) is 13.9. The molecule has 7 nitrogen and oxygen atoms in total. The molecule has 3 aromatic heterocycles. The number of rotatable bonds is 16. The van der Waals surface area contributed by atoms with Gasteiger partial charge in [-0.3, -0.25) is 4.79 Å². The number of carbonyl (C=O) groups excluding carboxylic acids is 1. The summed E-state index contributed by atoms with van der Waals surface area (Å²) in [6.45, 7) is 21.0. The molecule has 75 heavy (non-hydrogen) atoms. The first-order chi connectivity index (χ1) is 35.5. The van der Waals surface area contributed by atoms with E-state index in [0.29, 0.717) is 17.5 Å². The molecule has 389 valence electrons. The molecule has 1 radical (unpaired) electrons. The normalized spacial score (nSPS) is 11.9. The summed E-state index contributed by atoms with van der Waals surface area (Å²) >= 11 is 0. The average Bonchev–Trinajstić information content (AvgIpc) is 3.71. The van der Waals surface area contributed by atoms with Crippen molar-refractivity contribution in [3.8, 4) is 51.1 Å². The maximum Gasteiger partial charge on any atom is 0.316 e. The Labute approximate surface area is 459 Å². The summed E-state index contributed by atoms with van der Waals surface area (Å²) in [5, 5.41) is 12.9. The van der Waals surface area contributed by atoms with Gasteiger partial charge in [0, 0.05) is 54.2 Å². The van der Waals surface area contributed by atoms with Crippen LogP contribution < -0.4 is 0 Å². The average molecular weight is 1170 g/mol. The first-order valence-electron chi connectivity index (χ1n) is 26.9. The number of aliphatic hydroxyl groups is 1. The van der Waals surface area contributed by atoms with Gasteiger partial charge in [0.2, 0.25) is 0 Å². The van der Waals surface area contributed by atoms with Gasteiger partial charge in [-0.25, -0.2) is 15.0 Å². The number of unbranched alkanes of at least 4 members (excludes halogenated alkanes) is 6. The predicted octanol–water partition coefficient (Wildman–Crippen LogP) is 17.8. The smallest absolute Gasteiger partial charge is 0.316 e. The predicted molar refractivity (Wildman–Crippen MR) is 312 cm³/mol. The minimum absolute atomic E-state index is 0. The molecule has 0 unspecified atom stereocenters. The third-order valence-corrected chi connectivity index (χ3v) is 13.9. The van der Waals surface area contributed by atoms with E-state index < -0.39 is 0 Å². The molecule has 0 fully saturated rings. The molecule has 0 bridgehead atoms. The van der Waals surface area contributed by atoms with E-state index in [1.54, 1.807) is 0 Å². The molecule has 0 aliphatic carbocycles. The van der Waals surface area contributed by atoms with Gasteiger partial charge < -0.3 is 14.7 Å². The molecule has 0 amide bonds. The van der Waals surface area contributed by atoms with E-state index in [4.69, 9.17) is 29.8 Å². The van der Waals surface area contributed by atoms with Gasteiger partial charge in [0.15, 0.2) is 17.5 Å². The van der Waals surface area contributed by atoms with E-state index >= 15 is 0 Å². The van der Waals surface area contributed by atoms with Gasteiger partial charge >= 0.3 is 5.78 Å². The molecule has 9 aromatic rings. The van der Waals surface area contributed by atoms with Gasteiger partial charge in [-0.05, 0) is 111 Å². The van der Waals surface area contributed by atoms with Gasteiger partial charge in [0.25, 0.3) is 0 Å². The zero-order chi connectivity index (χ0) is 52.6. The zero-order valence-corrected chi connectivity index (χ0v) is 48.2. The summed E-state index contributed by atoms with van der Waals surface area (Å²) < 4.78 is 2.49. The fourth-order valence-corrected chi connectivity index (χ4v) is 9.88. The van der Waals surface area contributed by atoms with Crippen LogP contribution in [0.2, 0.25) is 0 Å². The quantitative estimate of drug-likeness (QED) is 0.0342. The molecule has 9 rings (SSSR count). The van der Waals surface area contributed by atoms with E-state index in [2.05, 4.69) is 193 Å². The second-order valence-corrected chi connectivity index (χ2v) is 22.1. The minimum atomic E-state index is 0. The van der Waals surface area contributed by atoms with Crippen LogP contribution in [0.25, 0.3) is 83.7 Å². The van der Waals surface area contributed by atoms with Crippen molar-refractivity contribution >= 4 is 38.4 Å². The molecule has 0 saturated heterocycles. The van der Waals surface area contributed by atoms with Crippen LogP contribution in [0.3, 0.4) is 0 Å². The van der Waals surface area contributed by atoms with Crippen LogP contribution in [-0.2, 0) is 43.8 Å². The monoisotopic (exact) mass is 1170 g/mol. The van der Waals surface area contributed by atoms with Crippen LogP contribution in [0.4, 0.5) is 0 Å². The molecular weight excluding hydrogens is 1100 g/mol. The number of fused-ring (bicyclic) bond motifs is 4. The Morgan fingerprint density at radius 1 is 0.587 bits per heavy atom. The van der Waals surface area contributed by atoms with Gasteiger partial charge in [0.05, 0.1) is 18.8 Å². The Hall–Kier alpha value is -6.60. The molecule has 0 aliphatic heterocycles. The fraction of sp³-hybridized carbons (Fsp3) is 0.328. The van der Waals surface area contributed by atoms with Crippen molar-refractivity contribution in [2.45, 2.75) is 144 Å². The SMILES string of the molecule is CC(=[OH+])C=C(C)O.CCCCCCc1cc(CCCCCC)cc(-n2c3ccccc3c3c[c-]c(-c4ncc(-c5nc(-c6ccc(C(C)(C)C)cc6)nc(-c6ccc(C(C)(C)C)cc6)n5)c5ccccc45)cc32)c1.[Ir]. The van der Waals surface area contributed by atoms with Crippen LogP contribution in [0.1, 0.15) is 143 Å². The second-order valence-electron chi connectivity index (χ2n) is 22.1. The summed E-state index contributed by atoms with van der Waals surface area (Å²) in [5.41, 5.74) is 13.6. The van der Waals surface area contributed by atoms with Crippen molar-refractivity contribution in [1.82, 2.24) is 24.5 Å². The van der Waals surface area contributed by atoms with Crippen LogP contribution in [-0.4, -0.2) is 40.2 Å². The van der Waals surface area contributed by atoms with Crippen LogP contribution >= 0.6 is 0 Å². The molecule has 0 atom stereocenters. The Morgan fingerprint density at radius 3 is 1.59 bits per heavy atom. The molecule has 6 aromatic carbocycles. The van der Waals surface area contributed by atoms with Crippen molar-refractivity contribution in [3.05, 3.63) is 174 Å². The standard InChI is InChI=1S/C62H66N5.C5H8O2.Ir/c1-9-11-13-15-21-42-37-43(22-16-14-12-10-2)39-49(38-42)67-55-26-20-19-24-51(55)52-36-31-46(40-56(52)67)57-53-25-18-17-23-50(53)54(41-63-57)60-65-58(44-27-32-47(33-28-44)61(3,4)5)64-59(66-60)45-29-34-48(35-30-45)62(6,7)8;1-4(6)3-5(2)7;/h17-20,23-30,32-41H,9-16,21-22H2,1-8H3;3,6H,1-2H3;/q-1;;/p+1. The summed E-state index contributed by atoms with van der Waals surface area (Å²) in [6, 6.07) is 50.2. The van der Waals surface area contributed by atoms with E-state index in [9.17, 15) is 0 Å². The van der Waals surface area contributed by atoms with Crippen molar-refractivity contribution in [2.24, 2.45) is 0 Å². The zero-order valence-electron chi connectivity index (χ0n) is 45.8. The number of benzene rings is 6. The molecule has 3 heterocycles. The summed E-state index contributed by atoms with van der Waals surface area (Å²) in [4.78, 5) is 29.2. The van der Waals surface area contributed by atoms with E-state index in [1.807, 2.05) is 6.20 Å². The van der Waals surface area contributed by atoms with E-state index in [0.717, 1.165) is 57.1 Å². The van der Waals surface area contributed by atoms with E-state index in [-0.39, 0.29) is 42.5 Å². The molecule has 8 heteroatoms. The van der Waals surface area contributed by atoms with Gasteiger partial charge in [-0.2, -0.15) is 0 Å². The molecule has 0 saturated carbocycles. The number of para-hydroxylation sites is 1. The maximum absolute atomic E-state index is 8.40. The Kier molecular flexibility index (Phi) is 18.6. The first kappa shape index (κ1) is 56.1. The number of hydrogen-bond donors (Lipinski definition) is 1. The number of aromatic nitrogens is 5. The topological polar surface area (TPSA) is 98.1 Å². The van der Waals surface area contributed by atoms with Crippen molar-refractivity contribution in [3.63, 3.8) is 0 Å². The second kappa shape index (κ2) is 24.8. The Morgan fingerprint density at radius 2 is 1.09 bits per heavy atom. The number of ketones is 1. The minimum Gasteiger partial charge on any atom is -0.512 e. The number of aliphatic hydroxyl groups excluding tert-OH is 1. The summed E-state index contributed by atoms with van der Waals surface area (Å²) in [6.07, 6.45) is 15.5. The number of pyridine rings is 1. The Balaban J connectivity index is 0.000000958. The molecular formula is C67H75IrN5O2. The first-order valence-corrected chi connectivity index (χ1v) is 26.9. The van der Waals surface area contributed by atoms with Gasteiger partial charge in [0.1, 0.15) is 0 Å².